The van der Waals surface area contributed by atoms with Gasteiger partial charge < -0.3 is 0 Å². The van der Waals surface area contributed by atoms with Crippen LogP contribution in [0.25, 0.3) is 0 Å². The van der Waals surface area contributed by atoms with Gasteiger partial charge >= 0.3 is 0 Å². The van der Waals surface area contributed by atoms with Crippen LogP contribution in [-0.2, 0) is 0 Å². The van der Waals surface area contributed by atoms with Gasteiger partial charge in [-0.25, -0.2) is 0 Å². The van der Waals surface area contributed by atoms with Gasteiger partial charge in [-0.2, -0.15) is 0 Å². The Hall–Kier alpha value is -0.710. The fraction of sp³-hybridized carbons (Fsp3) is 0.400. The summed E-state index contributed by atoms with van der Waals surface area (Å²) in [6.45, 7) is 3.66. The van der Waals surface area contributed by atoms with Crippen molar-refractivity contribution in [2.24, 2.45) is 0 Å². The molecule has 0 atom stereocenters. The summed E-state index contributed by atoms with van der Waals surface area (Å²) in [4.78, 5) is 0. The second-order valence-electron chi connectivity index (χ2n) is 2.20. The highest BCUT2D eigenvalue weighted by Gasteiger charge is 2.01. The average molecular weight is 164 g/mol. The van der Waals surface area contributed by atoms with Crippen molar-refractivity contribution in [2.45, 2.75) is 6.42 Å². The topological polar surface area (TPSA) is 0 Å². The first-order chi connectivity index (χ1) is 5.35. The summed E-state index contributed by atoms with van der Waals surface area (Å²) in [5, 5.41) is 0. The average Bonchev–Trinajstić information content (AvgIpc) is 2.01. The first kappa shape index (κ1) is 10.3. The quantitative estimate of drug-likeness (QED) is 0.332. The number of hydrogen-bond acceptors (Lipinski definition) is 0. The van der Waals surface area contributed by atoms with Crippen LogP contribution in [0, 0.1) is 24.7 Å². The first-order valence-electron chi connectivity index (χ1n) is 3.55. The van der Waals surface area contributed by atoms with Gasteiger partial charge in [0.05, 0.1) is 0 Å². The maximum atomic E-state index is 5.20. The predicted octanol–water partition coefficient (Wildman–Crippen LogP) is 2.31. The van der Waals surface area contributed by atoms with Gasteiger partial charge in [0.2, 0.25) is 0 Å². The molecular weight excluding hydrogens is 151 g/mol. The molecule has 0 radical (unpaired) electrons. The SMILES string of the molecule is C#CCP(CC#C)CCC=C. The Bertz CT molecular complexity index is 164. The number of hydrogen-bond donors (Lipinski definition) is 0. The Morgan fingerprint density at radius 2 is 1.82 bits per heavy atom. The Morgan fingerprint density at radius 3 is 2.18 bits per heavy atom. The smallest absolute Gasteiger partial charge is 0.0297 e. The standard InChI is InChI=1S/C10H13P/c1-4-7-10-11(8-5-2)9-6-3/h2-4H,1,7-10H2. The van der Waals surface area contributed by atoms with Gasteiger partial charge in [0.15, 0.2) is 0 Å². The highest BCUT2D eigenvalue weighted by atomic mass is 31.1. The molecule has 0 aliphatic rings. The van der Waals surface area contributed by atoms with Crippen molar-refractivity contribution in [3.05, 3.63) is 12.7 Å². The molecule has 0 aliphatic heterocycles. The fourth-order valence-corrected chi connectivity index (χ4v) is 2.24. The summed E-state index contributed by atoms with van der Waals surface area (Å²) in [5.41, 5.74) is 0. The van der Waals surface area contributed by atoms with E-state index in [-0.39, 0.29) is 7.92 Å². The van der Waals surface area contributed by atoms with Crippen LogP contribution in [0.5, 0.6) is 0 Å². The molecule has 0 nitrogen and oxygen atoms in total. The van der Waals surface area contributed by atoms with E-state index < -0.39 is 0 Å². The van der Waals surface area contributed by atoms with Crippen LogP contribution < -0.4 is 0 Å². The molecule has 0 unspecified atom stereocenters. The van der Waals surface area contributed by atoms with E-state index in [1.54, 1.807) is 0 Å². The highest BCUT2D eigenvalue weighted by Crippen LogP contribution is 2.34. The van der Waals surface area contributed by atoms with Crippen LogP contribution in [0.3, 0.4) is 0 Å². The molecule has 0 N–H and O–H groups in total. The van der Waals surface area contributed by atoms with Crippen LogP contribution in [0.2, 0.25) is 0 Å². The van der Waals surface area contributed by atoms with E-state index in [4.69, 9.17) is 12.8 Å². The summed E-state index contributed by atoms with van der Waals surface area (Å²) in [6.07, 6.45) is 16.2. The third-order valence-electron chi connectivity index (χ3n) is 1.28. The van der Waals surface area contributed by atoms with Gasteiger partial charge in [-0.3, -0.25) is 0 Å². The summed E-state index contributed by atoms with van der Waals surface area (Å²) in [6, 6.07) is 0. The largest absolute Gasteiger partial charge is 0.120 e. The molecule has 0 saturated carbocycles. The lowest BCUT2D eigenvalue weighted by Crippen LogP contribution is -1.90. The second kappa shape index (κ2) is 7.40. The van der Waals surface area contributed by atoms with Crippen LogP contribution in [-0.4, -0.2) is 18.5 Å². The zero-order valence-electron chi connectivity index (χ0n) is 6.71. The molecule has 58 valence electrons. The molecule has 0 rings (SSSR count). The molecule has 0 aliphatic carbocycles. The Kier molecular flexibility index (Phi) is 6.92. The Balaban J connectivity index is 3.62. The third kappa shape index (κ3) is 5.72. The lowest BCUT2D eigenvalue weighted by atomic mass is 10.5. The first-order valence-corrected chi connectivity index (χ1v) is 5.45. The van der Waals surface area contributed by atoms with Gasteiger partial charge in [-0.05, 0) is 12.6 Å². The molecule has 0 fully saturated rings. The van der Waals surface area contributed by atoms with E-state index in [0.29, 0.717) is 0 Å². The van der Waals surface area contributed by atoms with Crippen LogP contribution in [0.4, 0.5) is 0 Å². The normalized spacial score (nSPS) is 8.64. The van der Waals surface area contributed by atoms with E-state index in [0.717, 1.165) is 24.9 Å². The molecule has 0 heterocycles. The minimum Gasteiger partial charge on any atom is -0.120 e. The molecular formula is C10H13P. The minimum atomic E-state index is -0.110. The molecule has 0 spiro atoms. The van der Waals surface area contributed by atoms with Gasteiger partial charge in [0.1, 0.15) is 0 Å². The minimum absolute atomic E-state index is 0.110. The maximum Gasteiger partial charge on any atom is 0.0297 e. The molecule has 0 amide bonds. The monoisotopic (exact) mass is 164 g/mol. The van der Waals surface area contributed by atoms with Crippen LogP contribution in [0.15, 0.2) is 12.7 Å². The second-order valence-corrected chi connectivity index (χ2v) is 4.62. The van der Waals surface area contributed by atoms with Crippen molar-refractivity contribution < 1.29 is 0 Å². The molecule has 0 aromatic rings. The van der Waals surface area contributed by atoms with E-state index in [9.17, 15) is 0 Å². The van der Waals surface area contributed by atoms with E-state index in [1.807, 2.05) is 6.08 Å². The third-order valence-corrected chi connectivity index (χ3v) is 3.43. The van der Waals surface area contributed by atoms with E-state index in [2.05, 4.69) is 18.4 Å². The van der Waals surface area contributed by atoms with Gasteiger partial charge in [-0.1, -0.05) is 14.0 Å². The van der Waals surface area contributed by atoms with Gasteiger partial charge in [0.25, 0.3) is 0 Å². The zero-order chi connectivity index (χ0) is 8.53. The van der Waals surface area contributed by atoms with Crippen molar-refractivity contribution in [2.75, 3.05) is 18.5 Å². The fourth-order valence-electron chi connectivity index (χ4n) is 0.746. The van der Waals surface area contributed by atoms with Crippen LogP contribution >= 0.6 is 7.92 Å². The molecule has 0 aromatic carbocycles. The highest BCUT2D eigenvalue weighted by molar-refractivity contribution is 7.58. The molecule has 0 aromatic heterocycles. The van der Waals surface area contributed by atoms with E-state index in [1.165, 1.54) is 0 Å². The van der Waals surface area contributed by atoms with Crippen molar-refractivity contribution in [3.63, 3.8) is 0 Å². The molecule has 1 heteroatoms. The number of terminal acetylenes is 2. The van der Waals surface area contributed by atoms with Gasteiger partial charge in [-0.15, -0.1) is 31.3 Å². The zero-order valence-corrected chi connectivity index (χ0v) is 7.61. The molecule has 11 heavy (non-hydrogen) atoms. The summed E-state index contributed by atoms with van der Waals surface area (Å²) >= 11 is 0. The van der Waals surface area contributed by atoms with Crippen molar-refractivity contribution in [3.8, 4) is 24.7 Å². The van der Waals surface area contributed by atoms with Crippen molar-refractivity contribution >= 4 is 7.92 Å². The van der Waals surface area contributed by atoms with Crippen LogP contribution in [0.1, 0.15) is 6.42 Å². The summed E-state index contributed by atoms with van der Waals surface area (Å²) < 4.78 is 0. The van der Waals surface area contributed by atoms with Gasteiger partial charge in [0, 0.05) is 12.3 Å². The Morgan fingerprint density at radius 1 is 1.27 bits per heavy atom. The van der Waals surface area contributed by atoms with Crippen molar-refractivity contribution in [1.82, 2.24) is 0 Å². The summed E-state index contributed by atoms with van der Waals surface area (Å²) in [7, 11) is -0.110. The maximum absolute atomic E-state index is 5.20. The van der Waals surface area contributed by atoms with Crippen molar-refractivity contribution in [1.29, 1.82) is 0 Å². The predicted molar refractivity (Wildman–Crippen MR) is 54.0 cm³/mol. The summed E-state index contributed by atoms with van der Waals surface area (Å²) in [5.74, 6) is 5.32. The Labute approximate surface area is 70.8 Å². The van der Waals surface area contributed by atoms with E-state index >= 15 is 0 Å². The molecule has 0 saturated heterocycles. The lowest BCUT2D eigenvalue weighted by Gasteiger charge is -2.08. The number of rotatable bonds is 5. The molecule has 0 bridgehead atoms. The number of allylic oxidation sites excluding steroid dienone is 1. The lowest BCUT2D eigenvalue weighted by molar-refractivity contribution is 1.23.